The molecule has 0 bridgehead atoms. The first-order chi connectivity index (χ1) is 7.63. The van der Waals surface area contributed by atoms with Crippen LogP contribution >= 0.6 is 0 Å². The van der Waals surface area contributed by atoms with Gasteiger partial charge in [0.1, 0.15) is 12.4 Å². The van der Waals surface area contributed by atoms with Crippen LogP contribution in [-0.2, 0) is 20.9 Å². The molecule has 0 saturated heterocycles. The van der Waals surface area contributed by atoms with Crippen LogP contribution in [0.3, 0.4) is 0 Å². The van der Waals surface area contributed by atoms with Crippen molar-refractivity contribution in [2.75, 3.05) is 0 Å². The minimum Gasteiger partial charge on any atom is -0.461 e. The second-order valence-electron chi connectivity index (χ2n) is 3.01. The van der Waals surface area contributed by atoms with E-state index in [1.54, 1.807) is 24.3 Å². The summed E-state index contributed by atoms with van der Waals surface area (Å²) in [5, 5.41) is 0. The van der Waals surface area contributed by atoms with E-state index in [4.69, 9.17) is 9.47 Å². The Morgan fingerprint density at radius 1 is 1.38 bits per heavy atom. The van der Waals surface area contributed by atoms with E-state index < -0.39 is 5.97 Å². The molecule has 0 N–H and O–H groups in total. The van der Waals surface area contributed by atoms with E-state index in [0.29, 0.717) is 11.3 Å². The zero-order valence-corrected chi connectivity index (χ0v) is 8.93. The van der Waals surface area contributed by atoms with Crippen molar-refractivity contribution in [2.24, 2.45) is 0 Å². The lowest BCUT2D eigenvalue weighted by Crippen LogP contribution is -2.07. The van der Waals surface area contributed by atoms with Gasteiger partial charge in [-0.2, -0.15) is 0 Å². The lowest BCUT2D eigenvalue weighted by Gasteiger charge is -2.08. The van der Waals surface area contributed by atoms with Gasteiger partial charge in [-0.25, -0.2) is 4.79 Å². The summed E-state index contributed by atoms with van der Waals surface area (Å²) < 4.78 is 9.81. The highest BCUT2D eigenvalue weighted by molar-refractivity contribution is 5.83. The van der Waals surface area contributed by atoms with Gasteiger partial charge in [0.05, 0.1) is 0 Å². The first-order valence-corrected chi connectivity index (χ1v) is 4.69. The summed E-state index contributed by atoms with van der Waals surface area (Å²) >= 11 is 0. The molecule has 1 aromatic carbocycles. The topological polar surface area (TPSA) is 52.6 Å². The lowest BCUT2D eigenvalue weighted by atomic mass is 10.2. The number of carbonyl (C=O) groups excluding carboxylic acids is 2. The number of para-hydroxylation sites is 1. The highest BCUT2D eigenvalue weighted by Crippen LogP contribution is 2.19. The van der Waals surface area contributed by atoms with Gasteiger partial charge in [0, 0.05) is 18.6 Å². The normalized spacial score (nSPS) is 9.31. The van der Waals surface area contributed by atoms with Crippen molar-refractivity contribution in [3.05, 3.63) is 42.5 Å². The van der Waals surface area contributed by atoms with Crippen molar-refractivity contribution in [1.82, 2.24) is 0 Å². The van der Waals surface area contributed by atoms with Gasteiger partial charge in [-0.05, 0) is 6.07 Å². The summed E-state index contributed by atoms with van der Waals surface area (Å²) in [5.41, 5.74) is 0.632. The molecule has 0 aliphatic rings. The van der Waals surface area contributed by atoms with Gasteiger partial charge in [0.2, 0.25) is 0 Å². The molecule has 4 nitrogen and oxygen atoms in total. The molecular weight excluding hydrogens is 208 g/mol. The summed E-state index contributed by atoms with van der Waals surface area (Å²) in [6.07, 6.45) is 1.07. The SMILES string of the molecule is C=CC(=O)Oc1ccccc1COC(C)=O. The van der Waals surface area contributed by atoms with Crippen LogP contribution in [0.15, 0.2) is 36.9 Å². The van der Waals surface area contributed by atoms with Gasteiger partial charge in [0.15, 0.2) is 0 Å². The Kier molecular flexibility index (Phi) is 4.27. The Hall–Kier alpha value is -2.10. The molecule has 1 rings (SSSR count). The monoisotopic (exact) mass is 220 g/mol. The highest BCUT2D eigenvalue weighted by Gasteiger charge is 2.07. The molecule has 4 heteroatoms. The third-order valence-electron chi connectivity index (χ3n) is 1.78. The maximum atomic E-state index is 11.0. The molecule has 0 saturated carbocycles. The summed E-state index contributed by atoms with van der Waals surface area (Å²) in [5.74, 6) is -0.561. The van der Waals surface area contributed by atoms with Gasteiger partial charge in [-0.15, -0.1) is 0 Å². The van der Waals surface area contributed by atoms with Crippen LogP contribution in [0.1, 0.15) is 12.5 Å². The van der Waals surface area contributed by atoms with Crippen LogP contribution in [0.5, 0.6) is 5.75 Å². The van der Waals surface area contributed by atoms with Gasteiger partial charge >= 0.3 is 11.9 Å². The Labute approximate surface area is 93.5 Å². The molecule has 0 aliphatic heterocycles. The molecule has 0 atom stereocenters. The van der Waals surface area contributed by atoms with Crippen molar-refractivity contribution in [2.45, 2.75) is 13.5 Å². The highest BCUT2D eigenvalue weighted by atomic mass is 16.5. The zero-order valence-electron chi connectivity index (χ0n) is 8.93. The van der Waals surface area contributed by atoms with Gasteiger partial charge in [-0.3, -0.25) is 4.79 Å². The molecular formula is C12H12O4. The Bertz CT molecular complexity index is 409. The Morgan fingerprint density at radius 2 is 2.06 bits per heavy atom. The molecule has 0 aliphatic carbocycles. The van der Waals surface area contributed by atoms with E-state index >= 15 is 0 Å². The second-order valence-corrected chi connectivity index (χ2v) is 3.01. The van der Waals surface area contributed by atoms with Gasteiger partial charge in [-0.1, -0.05) is 24.8 Å². The van der Waals surface area contributed by atoms with Crippen LogP contribution < -0.4 is 4.74 Å². The number of carbonyl (C=O) groups is 2. The third-order valence-corrected chi connectivity index (χ3v) is 1.78. The molecule has 0 spiro atoms. The summed E-state index contributed by atoms with van der Waals surface area (Å²) in [6, 6.07) is 6.84. The molecule has 0 aromatic heterocycles. The van der Waals surface area contributed by atoms with Gasteiger partial charge in [0.25, 0.3) is 0 Å². The molecule has 1 aromatic rings. The molecule has 0 fully saturated rings. The van der Waals surface area contributed by atoms with E-state index in [1.807, 2.05) is 0 Å². The molecule has 0 amide bonds. The fourth-order valence-corrected chi connectivity index (χ4v) is 1.05. The molecule has 16 heavy (non-hydrogen) atoms. The number of hydrogen-bond donors (Lipinski definition) is 0. The number of ether oxygens (including phenoxy) is 2. The smallest absolute Gasteiger partial charge is 0.335 e. The predicted molar refractivity (Wildman–Crippen MR) is 57.7 cm³/mol. The number of rotatable bonds is 4. The molecule has 0 unspecified atom stereocenters. The summed E-state index contributed by atoms with van der Waals surface area (Å²) in [7, 11) is 0. The van der Waals surface area contributed by atoms with Crippen LogP contribution in [-0.4, -0.2) is 11.9 Å². The van der Waals surface area contributed by atoms with Crippen LogP contribution in [0, 0.1) is 0 Å². The Balaban J connectivity index is 2.78. The lowest BCUT2D eigenvalue weighted by molar-refractivity contribution is -0.142. The maximum absolute atomic E-state index is 11.0. The zero-order chi connectivity index (χ0) is 12.0. The van der Waals surface area contributed by atoms with Crippen molar-refractivity contribution in [1.29, 1.82) is 0 Å². The quantitative estimate of drug-likeness (QED) is 0.441. The van der Waals surface area contributed by atoms with Crippen LogP contribution in [0.2, 0.25) is 0 Å². The fraction of sp³-hybridized carbons (Fsp3) is 0.167. The van der Waals surface area contributed by atoms with E-state index in [0.717, 1.165) is 6.08 Å². The van der Waals surface area contributed by atoms with Crippen molar-refractivity contribution < 1.29 is 19.1 Å². The minimum atomic E-state index is -0.546. The number of esters is 2. The predicted octanol–water partition coefficient (Wildman–Crippen LogP) is 1.84. The number of hydrogen-bond acceptors (Lipinski definition) is 4. The van der Waals surface area contributed by atoms with E-state index in [1.165, 1.54) is 6.92 Å². The minimum absolute atomic E-state index is 0.0793. The Morgan fingerprint density at radius 3 is 2.69 bits per heavy atom. The maximum Gasteiger partial charge on any atom is 0.335 e. The van der Waals surface area contributed by atoms with Crippen LogP contribution in [0.25, 0.3) is 0 Å². The number of benzene rings is 1. The first kappa shape index (κ1) is 12.0. The standard InChI is InChI=1S/C12H12O4/c1-3-12(14)16-11-7-5-4-6-10(11)8-15-9(2)13/h3-7H,1,8H2,2H3. The van der Waals surface area contributed by atoms with Crippen molar-refractivity contribution >= 4 is 11.9 Å². The van der Waals surface area contributed by atoms with E-state index in [9.17, 15) is 9.59 Å². The van der Waals surface area contributed by atoms with Crippen molar-refractivity contribution in [3.8, 4) is 5.75 Å². The second kappa shape index (κ2) is 5.70. The largest absolute Gasteiger partial charge is 0.461 e. The van der Waals surface area contributed by atoms with Crippen LogP contribution in [0.4, 0.5) is 0 Å². The summed E-state index contributed by atoms with van der Waals surface area (Å²) in [4.78, 5) is 21.7. The molecule has 0 heterocycles. The van der Waals surface area contributed by atoms with Gasteiger partial charge < -0.3 is 9.47 Å². The first-order valence-electron chi connectivity index (χ1n) is 4.69. The average molecular weight is 220 g/mol. The van der Waals surface area contributed by atoms with Crippen molar-refractivity contribution in [3.63, 3.8) is 0 Å². The third kappa shape index (κ3) is 3.57. The molecule has 0 radical (unpaired) electrons. The van der Waals surface area contributed by atoms with E-state index in [2.05, 4.69) is 6.58 Å². The summed E-state index contributed by atoms with van der Waals surface area (Å²) in [6.45, 7) is 4.70. The van der Waals surface area contributed by atoms with E-state index in [-0.39, 0.29) is 12.6 Å². The molecule has 84 valence electrons. The average Bonchev–Trinajstić information content (AvgIpc) is 2.27. The fourth-order valence-electron chi connectivity index (χ4n) is 1.05.